The molecule has 1 aromatic rings. The molecule has 0 bridgehead atoms. The van der Waals surface area contributed by atoms with E-state index >= 15 is 0 Å². The van der Waals surface area contributed by atoms with E-state index < -0.39 is 12.1 Å². The van der Waals surface area contributed by atoms with Gasteiger partial charge in [0.1, 0.15) is 5.75 Å². The number of esters is 1. The van der Waals surface area contributed by atoms with Crippen LogP contribution in [0.5, 0.6) is 5.75 Å². The third-order valence-corrected chi connectivity index (χ3v) is 4.87. The lowest BCUT2D eigenvalue weighted by molar-refractivity contribution is -0.151. The lowest BCUT2D eigenvalue weighted by atomic mass is 10.0. The first-order chi connectivity index (χ1) is 12.5. The first-order valence-corrected chi connectivity index (χ1v) is 9.19. The molecule has 2 unspecified atom stereocenters. The molecule has 0 saturated heterocycles. The minimum atomic E-state index is -0.563. The van der Waals surface area contributed by atoms with Crippen LogP contribution in [0, 0.1) is 31.1 Å². The summed E-state index contributed by atoms with van der Waals surface area (Å²) in [7, 11) is 0. The number of hydrogen-bond acceptors (Lipinski definition) is 6. The second kappa shape index (κ2) is 7.36. The number of carbonyl (C=O) groups excluding carboxylic acids is 1. The van der Waals surface area contributed by atoms with Crippen LogP contribution in [0.2, 0.25) is 0 Å². The average molecular weight is 355 g/mol. The van der Waals surface area contributed by atoms with Gasteiger partial charge in [0.2, 0.25) is 0 Å². The topological polar surface area (TPSA) is 74.9 Å². The molecule has 6 heteroatoms. The average Bonchev–Trinajstić information content (AvgIpc) is 3.37. The van der Waals surface area contributed by atoms with Crippen LogP contribution in [-0.4, -0.2) is 42.0 Å². The van der Waals surface area contributed by atoms with E-state index in [9.17, 15) is 10.1 Å². The highest BCUT2D eigenvalue weighted by Crippen LogP contribution is 2.38. The predicted octanol–water partition coefficient (Wildman–Crippen LogP) is 2.96. The van der Waals surface area contributed by atoms with Crippen molar-refractivity contribution >= 4 is 11.7 Å². The Kier molecular flexibility index (Phi) is 5.17. The van der Waals surface area contributed by atoms with Crippen molar-refractivity contribution in [1.82, 2.24) is 5.01 Å². The van der Waals surface area contributed by atoms with Crippen LogP contribution < -0.4 is 4.74 Å². The zero-order valence-electron chi connectivity index (χ0n) is 15.8. The molecule has 6 nitrogen and oxygen atoms in total. The Labute approximate surface area is 154 Å². The minimum Gasteiger partial charge on any atom is -0.481 e. The van der Waals surface area contributed by atoms with Crippen molar-refractivity contribution in [1.29, 1.82) is 5.26 Å². The smallest absolute Gasteiger partial charge is 0.334 e. The summed E-state index contributed by atoms with van der Waals surface area (Å²) >= 11 is 0. The van der Waals surface area contributed by atoms with Crippen molar-refractivity contribution in [3.63, 3.8) is 0 Å². The van der Waals surface area contributed by atoms with Crippen LogP contribution in [-0.2, 0) is 9.53 Å². The molecule has 1 heterocycles. The van der Waals surface area contributed by atoms with E-state index in [1.165, 1.54) is 0 Å². The SMILES string of the molecule is CCOC(=O)C1C(Oc2cc(C)c(C#N)c(C)c2)C(C2CC2)=NN1CC. The molecular weight excluding hydrogens is 330 g/mol. The lowest BCUT2D eigenvalue weighted by Gasteiger charge is -2.26. The molecule has 2 atom stereocenters. The predicted molar refractivity (Wildman–Crippen MR) is 98.0 cm³/mol. The largest absolute Gasteiger partial charge is 0.481 e. The van der Waals surface area contributed by atoms with Gasteiger partial charge >= 0.3 is 5.97 Å². The number of hydrazone groups is 1. The fourth-order valence-electron chi connectivity index (χ4n) is 3.46. The van der Waals surface area contributed by atoms with Gasteiger partial charge in [-0.1, -0.05) is 0 Å². The summed E-state index contributed by atoms with van der Waals surface area (Å²) in [6, 6.07) is 5.36. The first-order valence-electron chi connectivity index (χ1n) is 9.19. The van der Waals surface area contributed by atoms with E-state index in [1.807, 2.05) is 32.9 Å². The highest BCUT2D eigenvalue weighted by atomic mass is 16.5. The molecule has 1 aliphatic heterocycles. The van der Waals surface area contributed by atoms with Crippen LogP contribution in [0.1, 0.15) is 43.4 Å². The molecule has 0 spiro atoms. The Bertz CT molecular complexity index is 754. The van der Waals surface area contributed by atoms with Crippen LogP contribution in [0.25, 0.3) is 0 Å². The molecule has 1 aromatic carbocycles. The maximum Gasteiger partial charge on any atom is 0.334 e. The van der Waals surface area contributed by atoms with Crippen molar-refractivity contribution in [2.45, 2.75) is 52.7 Å². The Balaban J connectivity index is 1.92. The molecule has 138 valence electrons. The third-order valence-electron chi connectivity index (χ3n) is 4.87. The summed E-state index contributed by atoms with van der Waals surface area (Å²) in [6.07, 6.45) is 1.71. The summed E-state index contributed by atoms with van der Waals surface area (Å²) in [5, 5.41) is 15.7. The third kappa shape index (κ3) is 3.39. The number of ether oxygens (including phenoxy) is 2. The molecule has 1 fully saturated rings. The fraction of sp³-hybridized carbons (Fsp3) is 0.550. The summed E-state index contributed by atoms with van der Waals surface area (Å²) in [5.41, 5.74) is 3.33. The molecule has 0 N–H and O–H groups in total. The molecule has 26 heavy (non-hydrogen) atoms. The van der Waals surface area contributed by atoms with Gasteiger partial charge in [0.15, 0.2) is 12.1 Å². The molecule has 0 radical (unpaired) electrons. The fourth-order valence-corrected chi connectivity index (χ4v) is 3.46. The molecule has 0 aromatic heterocycles. The quantitative estimate of drug-likeness (QED) is 0.734. The second-order valence-corrected chi connectivity index (χ2v) is 6.83. The zero-order chi connectivity index (χ0) is 18.8. The van der Waals surface area contributed by atoms with E-state index in [-0.39, 0.29) is 5.97 Å². The normalized spacial score (nSPS) is 22.0. The van der Waals surface area contributed by atoms with Crippen LogP contribution in [0.15, 0.2) is 17.2 Å². The highest BCUT2D eigenvalue weighted by molar-refractivity contribution is 5.99. The van der Waals surface area contributed by atoms with Gasteiger partial charge in [0.05, 0.1) is 24.0 Å². The van der Waals surface area contributed by atoms with Crippen molar-refractivity contribution in [2.75, 3.05) is 13.2 Å². The number of likely N-dealkylation sites (N-methyl/N-ethyl adjacent to an activating group) is 1. The van der Waals surface area contributed by atoms with Gasteiger partial charge in [-0.25, -0.2) is 4.79 Å². The van der Waals surface area contributed by atoms with Gasteiger partial charge in [-0.05, 0) is 63.8 Å². The Morgan fingerprint density at radius 1 is 1.31 bits per heavy atom. The Morgan fingerprint density at radius 2 is 1.96 bits per heavy atom. The second-order valence-electron chi connectivity index (χ2n) is 6.83. The Morgan fingerprint density at radius 3 is 2.46 bits per heavy atom. The van der Waals surface area contributed by atoms with Crippen LogP contribution in [0.3, 0.4) is 0 Å². The van der Waals surface area contributed by atoms with Crippen molar-refractivity contribution in [2.24, 2.45) is 11.0 Å². The van der Waals surface area contributed by atoms with Gasteiger partial charge in [0, 0.05) is 12.5 Å². The number of aryl methyl sites for hydroxylation is 2. The van der Waals surface area contributed by atoms with E-state index in [1.54, 1.807) is 11.9 Å². The van der Waals surface area contributed by atoms with E-state index in [4.69, 9.17) is 9.47 Å². The number of benzene rings is 1. The summed E-state index contributed by atoms with van der Waals surface area (Å²) in [4.78, 5) is 12.6. The van der Waals surface area contributed by atoms with E-state index in [0.717, 1.165) is 29.7 Å². The number of carbonyl (C=O) groups is 1. The van der Waals surface area contributed by atoms with E-state index in [2.05, 4.69) is 11.2 Å². The number of hydrogen-bond donors (Lipinski definition) is 0. The number of nitrogens with zero attached hydrogens (tertiary/aromatic N) is 3. The molecule has 1 saturated carbocycles. The molecule has 2 aliphatic rings. The van der Waals surface area contributed by atoms with Gasteiger partial charge in [0.25, 0.3) is 0 Å². The summed E-state index contributed by atoms with van der Waals surface area (Å²) in [6.45, 7) is 8.50. The van der Waals surface area contributed by atoms with Crippen LogP contribution >= 0.6 is 0 Å². The van der Waals surface area contributed by atoms with E-state index in [0.29, 0.717) is 30.4 Å². The van der Waals surface area contributed by atoms with Crippen molar-refractivity contribution < 1.29 is 14.3 Å². The van der Waals surface area contributed by atoms with Crippen molar-refractivity contribution in [3.05, 3.63) is 28.8 Å². The number of nitriles is 1. The molecule has 0 amide bonds. The zero-order valence-corrected chi connectivity index (χ0v) is 15.8. The monoisotopic (exact) mass is 355 g/mol. The molecule has 3 rings (SSSR count). The first kappa shape index (κ1) is 18.2. The standard InChI is InChI=1S/C20H25N3O3/c1-5-23-18(20(24)25-6-2)19(17(22-23)14-7-8-14)26-15-9-12(3)16(11-21)13(4)10-15/h9-10,14,18-19H,5-8H2,1-4H3. The molecular formula is C20H25N3O3. The maximum absolute atomic E-state index is 12.6. The lowest BCUT2D eigenvalue weighted by Crippen LogP contribution is -2.47. The van der Waals surface area contributed by atoms with Crippen molar-refractivity contribution in [3.8, 4) is 11.8 Å². The molecule has 1 aliphatic carbocycles. The number of rotatable bonds is 6. The highest BCUT2D eigenvalue weighted by Gasteiger charge is 2.49. The summed E-state index contributed by atoms with van der Waals surface area (Å²) < 4.78 is 11.6. The van der Waals surface area contributed by atoms with Crippen LogP contribution in [0.4, 0.5) is 0 Å². The van der Waals surface area contributed by atoms with Gasteiger partial charge in [-0.15, -0.1) is 0 Å². The minimum absolute atomic E-state index is 0.305. The maximum atomic E-state index is 12.6. The Hall–Kier alpha value is -2.55. The van der Waals surface area contributed by atoms with Gasteiger partial charge in [-0.2, -0.15) is 10.4 Å². The summed E-state index contributed by atoms with van der Waals surface area (Å²) in [5.74, 6) is 0.736. The van der Waals surface area contributed by atoms with Gasteiger partial charge in [-0.3, -0.25) is 5.01 Å². The van der Waals surface area contributed by atoms with Gasteiger partial charge < -0.3 is 9.47 Å².